The van der Waals surface area contributed by atoms with Crippen LogP contribution in [0.1, 0.15) is 31.1 Å². The van der Waals surface area contributed by atoms with Crippen LogP contribution in [-0.2, 0) is 0 Å². The Kier molecular flexibility index (Phi) is 4.24. The van der Waals surface area contributed by atoms with Crippen LogP contribution in [0.2, 0.25) is 0 Å². The number of urea groups is 1. The average molecular weight is 349 g/mol. The number of H-pyrrole nitrogens is 1. The largest absolute Gasteiger partial charge is 0.347 e. The highest BCUT2D eigenvalue weighted by Crippen LogP contribution is 2.29. The molecule has 2 N–H and O–H groups in total. The summed E-state index contributed by atoms with van der Waals surface area (Å²) in [6.07, 6.45) is 6.63. The Balaban J connectivity index is 1.73. The topological polar surface area (TPSA) is 61.0 Å². The molecule has 1 fully saturated rings. The van der Waals surface area contributed by atoms with Crippen LogP contribution in [0.25, 0.3) is 0 Å². The van der Waals surface area contributed by atoms with Crippen molar-refractivity contribution >= 4 is 27.6 Å². The summed E-state index contributed by atoms with van der Waals surface area (Å²) in [6, 6.07) is 7.55. The summed E-state index contributed by atoms with van der Waals surface area (Å²) in [6.45, 7) is 0.758. The molecular formula is C15H17BrN4O. The minimum Gasteiger partial charge on any atom is -0.347 e. The molecule has 3 rings (SSSR count). The Morgan fingerprint density at radius 1 is 1.33 bits per heavy atom. The summed E-state index contributed by atoms with van der Waals surface area (Å²) in [5.41, 5.74) is 0.798. The number of hydrogen-bond donors (Lipinski definition) is 2. The SMILES string of the molecule is O=C(Nc1ccc(Br)cc1)N1CCCCC1c1ncc[nH]1. The van der Waals surface area contributed by atoms with E-state index in [4.69, 9.17) is 0 Å². The van der Waals surface area contributed by atoms with Gasteiger partial charge in [-0.3, -0.25) is 0 Å². The Morgan fingerprint density at radius 2 is 2.14 bits per heavy atom. The second-order valence-electron chi connectivity index (χ2n) is 5.12. The van der Waals surface area contributed by atoms with Crippen LogP contribution < -0.4 is 5.32 Å². The zero-order chi connectivity index (χ0) is 14.7. The van der Waals surface area contributed by atoms with Crippen molar-refractivity contribution in [3.05, 3.63) is 47.0 Å². The molecule has 1 aromatic heterocycles. The molecule has 1 aliphatic rings. The molecule has 0 bridgehead atoms. The number of piperidine rings is 1. The number of rotatable bonds is 2. The third-order valence-electron chi connectivity index (χ3n) is 3.69. The van der Waals surface area contributed by atoms with Crippen molar-refractivity contribution in [2.24, 2.45) is 0 Å². The molecule has 1 unspecified atom stereocenters. The van der Waals surface area contributed by atoms with E-state index in [0.717, 1.165) is 41.8 Å². The first-order chi connectivity index (χ1) is 10.2. The van der Waals surface area contributed by atoms with Gasteiger partial charge in [0.05, 0.1) is 6.04 Å². The van der Waals surface area contributed by atoms with Crippen molar-refractivity contribution in [1.29, 1.82) is 0 Å². The lowest BCUT2D eigenvalue weighted by Crippen LogP contribution is -2.41. The smallest absolute Gasteiger partial charge is 0.322 e. The predicted molar refractivity (Wildman–Crippen MR) is 85.0 cm³/mol. The molecule has 0 radical (unpaired) electrons. The number of benzene rings is 1. The van der Waals surface area contributed by atoms with E-state index in [2.05, 4.69) is 31.2 Å². The maximum atomic E-state index is 12.5. The fourth-order valence-corrected chi connectivity index (χ4v) is 2.91. The first-order valence-electron chi connectivity index (χ1n) is 7.06. The number of nitrogens with one attached hydrogen (secondary N) is 2. The van der Waals surface area contributed by atoms with E-state index < -0.39 is 0 Å². The van der Waals surface area contributed by atoms with Gasteiger partial charge >= 0.3 is 6.03 Å². The predicted octanol–water partition coefficient (Wildman–Crippen LogP) is 3.93. The third kappa shape index (κ3) is 3.26. The molecule has 110 valence electrons. The number of hydrogen-bond acceptors (Lipinski definition) is 2. The lowest BCUT2D eigenvalue weighted by molar-refractivity contribution is 0.160. The van der Waals surface area contributed by atoms with Gasteiger partial charge < -0.3 is 15.2 Å². The molecule has 21 heavy (non-hydrogen) atoms. The van der Waals surface area contributed by atoms with Gasteiger partial charge in [0.25, 0.3) is 0 Å². The van der Waals surface area contributed by atoms with Crippen LogP contribution in [0.4, 0.5) is 10.5 Å². The van der Waals surface area contributed by atoms with Crippen LogP contribution >= 0.6 is 15.9 Å². The number of amides is 2. The van der Waals surface area contributed by atoms with E-state index in [9.17, 15) is 4.79 Å². The highest BCUT2D eigenvalue weighted by Gasteiger charge is 2.29. The van der Waals surface area contributed by atoms with Crippen LogP contribution in [0, 0.1) is 0 Å². The van der Waals surface area contributed by atoms with E-state index in [1.165, 1.54) is 0 Å². The molecule has 6 heteroatoms. The van der Waals surface area contributed by atoms with Gasteiger partial charge in [0.1, 0.15) is 5.82 Å². The minimum atomic E-state index is -0.0709. The lowest BCUT2D eigenvalue weighted by atomic mass is 10.0. The molecule has 1 aliphatic heterocycles. The summed E-state index contributed by atoms with van der Waals surface area (Å²) in [4.78, 5) is 21.8. The van der Waals surface area contributed by atoms with Gasteiger partial charge in [0.2, 0.25) is 0 Å². The second kappa shape index (κ2) is 6.30. The lowest BCUT2D eigenvalue weighted by Gasteiger charge is -2.34. The monoisotopic (exact) mass is 348 g/mol. The van der Waals surface area contributed by atoms with Gasteiger partial charge in [0.15, 0.2) is 0 Å². The number of halogens is 1. The van der Waals surface area contributed by atoms with Crippen molar-refractivity contribution < 1.29 is 4.79 Å². The van der Waals surface area contributed by atoms with Crippen LogP contribution in [0.5, 0.6) is 0 Å². The molecule has 2 amide bonds. The minimum absolute atomic E-state index is 0.0317. The normalized spacial score (nSPS) is 18.5. The molecule has 2 aromatic rings. The van der Waals surface area contributed by atoms with Crippen LogP contribution in [0.15, 0.2) is 41.1 Å². The number of aromatic nitrogens is 2. The van der Waals surface area contributed by atoms with Crippen LogP contribution in [0.3, 0.4) is 0 Å². The highest BCUT2D eigenvalue weighted by molar-refractivity contribution is 9.10. The Bertz CT molecular complexity index is 597. The number of anilines is 1. The summed E-state index contributed by atoms with van der Waals surface area (Å²) < 4.78 is 0.993. The van der Waals surface area contributed by atoms with Crippen molar-refractivity contribution in [3.8, 4) is 0 Å². The van der Waals surface area contributed by atoms with Gasteiger partial charge in [-0.2, -0.15) is 0 Å². The number of carbonyl (C=O) groups is 1. The van der Waals surface area contributed by atoms with Gasteiger partial charge in [-0.05, 0) is 43.5 Å². The molecule has 5 nitrogen and oxygen atoms in total. The van der Waals surface area contributed by atoms with E-state index in [1.54, 1.807) is 12.4 Å². The summed E-state index contributed by atoms with van der Waals surface area (Å²) in [5.74, 6) is 0.862. The van der Waals surface area contributed by atoms with Crippen molar-refractivity contribution in [2.45, 2.75) is 25.3 Å². The number of nitrogens with zero attached hydrogens (tertiary/aromatic N) is 2. The zero-order valence-corrected chi connectivity index (χ0v) is 13.1. The fraction of sp³-hybridized carbons (Fsp3) is 0.333. The molecule has 1 atom stereocenters. The Labute approximate surface area is 131 Å². The number of aromatic amines is 1. The van der Waals surface area contributed by atoms with Crippen molar-refractivity contribution in [1.82, 2.24) is 14.9 Å². The maximum Gasteiger partial charge on any atom is 0.322 e. The van der Waals surface area contributed by atoms with Crippen molar-refractivity contribution in [2.75, 3.05) is 11.9 Å². The van der Waals surface area contributed by atoms with Gasteiger partial charge in [-0.25, -0.2) is 9.78 Å². The zero-order valence-electron chi connectivity index (χ0n) is 11.6. The standard InChI is InChI=1S/C15H17BrN4O/c16-11-4-6-12(7-5-11)19-15(21)20-10-2-1-3-13(20)14-17-8-9-18-14/h4-9,13H,1-3,10H2,(H,17,18)(H,19,21). The third-order valence-corrected chi connectivity index (χ3v) is 4.22. The molecule has 0 saturated carbocycles. The van der Waals surface area contributed by atoms with Gasteiger partial charge in [0, 0.05) is 29.1 Å². The fourth-order valence-electron chi connectivity index (χ4n) is 2.65. The maximum absolute atomic E-state index is 12.5. The quantitative estimate of drug-likeness (QED) is 0.863. The number of imidazole rings is 1. The Morgan fingerprint density at radius 3 is 2.86 bits per heavy atom. The molecule has 0 aliphatic carbocycles. The molecule has 1 saturated heterocycles. The number of likely N-dealkylation sites (tertiary alicyclic amines) is 1. The first-order valence-corrected chi connectivity index (χ1v) is 7.86. The van der Waals surface area contributed by atoms with Crippen molar-refractivity contribution in [3.63, 3.8) is 0 Å². The first kappa shape index (κ1) is 14.1. The van der Waals surface area contributed by atoms with E-state index in [0.29, 0.717) is 0 Å². The van der Waals surface area contributed by atoms with E-state index in [-0.39, 0.29) is 12.1 Å². The van der Waals surface area contributed by atoms with Gasteiger partial charge in [-0.1, -0.05) is 15.9 Å². The second-order valence-corrected chi connectivity index (χ2v) is 6.03. The highest BCUT2D eigenvalue weighted by atomic mass is 79.9. The molecule has 2 heterocycles. The molecular weight excluding hydrogens is 332 g/mol. The average Bonchev–Trinajstić information content (AvgIpc) is 3.04. The summed E-state index contributed by atoms with van der Waals surface area (Å²) in [5, 5.41) is 2.96. The summed E-state index contributed by atoms with van der Waals surface area (Å²) >= 11 is 3.39. The summed E-state index contributed by atoms with van der Waals surface area (Å²) in [7, 11) is 0. The van der Waals surface area contributed by atoms with Gasteiger partial charge in [-0.15, -0.1) is 0 Å². The molecule has 1 aromatic carbocycles. The Hall–Kier alpha value is -1.82. The number of carbonyl (C=O) groups excluding carboxylic acids is 1. The van der Waals surface area contributed by atoms with E-state index >= 15 is 0 Å². The van der Waals surface area contributed by atoms with E-state index in [1.807, 2.05) is 29.2 Å². The molecule has 0 spiro atoms. The van der Waals surface area contributed by atoms with Crippen LogP contribution in [-0.4, -0.2) is 27.4 Å².